The molecule has 0 unspecified atom stereocenters. The topological polar surface area (TPSA) is 93.3 Å². The molecule has 0 aliphatic carbocycles. The van der Waals surface area contributed by atoms with Crippen molar-refractivity contribution < 1.29 is 14.8 Å². The van der Waals surface area contributed by atoms with E-state index in [1.165, 1.54) is 12.1 Å². The lowest BCUT2D eigenvalue weighted by Gasteiger charge is -2.13. The normalized spacial score (nSPS) is 11.6. The number of hydrogen-bond acceptors (Lipinski definition) is 5. The van der Waals surface area contributed by atoms with Gasteiger partial charge in [-0.15, -0.1) is 0 Å². The summed E-state index contributed by atoms with van der Waals surface area (Å²) in [4.78, 5) is 25.8. The molecular formula is C18H18N2O4. The van der Waals surface area contributed by atoms with Gasteiger partial charge in [0.15, 0.2) is 12.0 Å². The van der Waals surface area contributed by atoms with Crippen LogP contribution in [0.15, 0.2) is 30.3 Å². The van der Waals surface area contributed by atoms with Crippen LogP contribution in [0.1, 0.15) is 48.0 Å². The summed E-state index contributed by atoms with van der Waals surface area (Å²) in [5.41, 5.74) is 1.52. The molecule has 124 valence electrons. The zero-order chi connectivity index (χ0) is 17.9. The van der Waals surface area contributed by atoms with E-state index in [1.807, 2.05) is 20.8 Å². The van der Waals surface area contributed by atoms with Gasteiger partial charge in [-0.3, -0.25) is 4.79 Å². The smallest absolute Gasteiger partial charge is 0.370 e. The predicted molar refractivity (Wildman–Crippen MR) is 92.0 cm³/mol. The molecule has 0 radical (unpaired) electrons. The molecule has 2 rings (SSSR count). The van der Waals surface area contributed by atoms with Crippen LogP contribution in [-0.4, -0.2) is 21.3 Å². The second kappa shape index (κ2) is 6.62. The van der Waals surface area contributed by atoms with E-state index in [0.717, 1.165) is 0 Å². The van der Waals surface area contributed by atoms with Crippen LogP contribution in [0.2, 0.25) is 0 Å². The summed E-state index contributed by atoms with van der Waals surface area (Å²) in [6, 6.07) is 7.94. The average molecular weight is 326 g/mol. The molecule has 0 saturated carbocycles. The largest absolute Gasteiger partial charge is 0.507 e. The highest BCUT2D eigenvalue weighted by Gasteiger charge is 2.24. The highest BCUT2D eigenvalue weighted by molar-refractivity contribution is 5.82. The zero-order valence-electron chi connectivity index (χ0n) is 13.7. The number of aldehydes is 1. The predicted octanol–water partition coefficient (Wildman–Crippen LogP) is 3.98. The number of phenolic OH excluding ortho intramolecular Hbond substituents is 1. The number of aromatic nitrogens is 1. The summed E-state index contributed by atoms with van der Waals surface area (Å²) >= 11 is 0. The van der Waals surface area contributed by atoms with E-state index in [4.69, 9.17) is 0 Å². The van der Waals surface area contributed by atoms with E-state index in [-0.39, 0.29) is 22.5 Å². The number of benzene rings is 1. The first-order chi connectivity index (χ1) is 11.2. The van der Waals surface area contributed by atoms with Crippen LogP contribution in [0.25, 0.3) is 12.2 Å². The number of nitrogens with zero attached hydrogens (tertiary/aromatic N) is 2. The maximum Gasteiger partial charge on any atom is 0.370 e. The van der Waals surface area contributed by atoms with E-state index in [0.29, 0.717) is 23.1 Å². The fourth-order valence-corrected chi connectivity index (χ4v) is 2.11. The van der Waals surface area contributed by atoms with Gasteiger partial charge in [0.2, 0.25) is 0 Å². The fraction of sp³-hybridized carbons (Fsp3) is 0.222. The van der Waals surface area contributed by atoms with Gasteiger partial charge in [-0.2, -0.15) is 0 Å². The van der Waals surface area contributed by atoms with Crippen molar-refractivity contribution in [3.8, 4) is 5.75 Å². The van der Waals surface area contributed by atoms with Crippen molar-refractivity contribution in [3.63, 3.8) is 0 Å². The molecule has 1 heterocycles. The molecule has 2 aromatic rings. The van der Waals surface area contributed by atoms with Crippen molar-refractivity contribution in [1.82, 2.24) is 4.98 Å². The molecule has 1 aromatic carbocycles. The lowest BCUT2D eigenvalue weighted by Crippen LogP contribution is -2.14. The van der Waals surface area contributed by atoms with Crippen molar-refractivity contribution in [2.45, 2.75) is 26.2 Å². The molecule has 24 heavy (non-hydrogen) atoms. The van der Waals surface area contributed by atoms with Gasteiger partial charge in [0, 0.05) is 5.41 Å². The van der Waals surface area contributed by atoms with Crippen LogP contribution < -0.4 is 0 Å². The fourth-order valence-electron chi connectivity index (χ4n) is 2.11. The third-order valence-electron chi connectivity index (χ3n) is 3.48. The van der Waals surface area contributed by atoms with Gasteiger partial charge in [0.05, 0.1) is 11.1 Å². The molecule has 1 N–H and O–H groups in total. The summed E-state index contributed by atoms with van der Waals surface area (Å²) in [7, 11) is 0. The standard InChI is InChI=1S/C18H18N2O4/c1-18(2,3)16-9-7-13(17(19-16)20(23)24)6-4-12-5-8-15(22)14(10-12)11-21/h4-11,22H,1-3H3/b6-4+. The van der Waals surface area contributed by atoms with E-state index < -0.39 is 4.92 Å². The number of phenols is 1. The maximum absolute atomic E-state index is 11.3. The molecule has 0 fully saturated rings. The third kappa shape index (κ3) is 3.84. The molecule has 6 nitrogen and oxygen atoms in total. The van der Waals surface area contributed by atoms with E-state index in [1.54, 1.807) is 30.4 Å². The molecule has 0 bridgehead atoms. The van der Waals surface area contributed by atoms with Crippen molar-refractivity contribution in [1.29, 1.82) is 0 Å². The van der Waals surface area contributed by atoms with Crippen LogP contribution >= 0.6 is 0 Å². The molecule has 0 atom stereocenters. The van der Waals surface area contributed by atoms with Crippen LogP contribution in [-0.2, 0) is 5.41 Å². The maximum atomic E-state index is 11.3. The minimum atomic E-state index is -0.511. The Kier molecular flexibility index (Phi) is 4.78. The lowest BCUT2D eigenvalue weighted by molar-refractivity contribution is -0.389. The Hall–Kier alpha value is -3.02. The van der Waals surface area contributed by atoms with Crippen LogP contribution in [0, 0.1) is 10.1 Å². The zero-order valence-corrected chi connectivity index (χ0v) is 13.7. The Morgan fingerprint density at radius 1 is 1.12 bits per heavy atom. The van der Waals surface area contributed by atoms with Gasteiger partial charge in [-0.25, -0.2) is 0 Å². The molecule has 0 aliphatic rings. The van der Waals surface area contributed by atoms with Gasteiger partial charge in [-0.1, -0.05) is 32.9 Å². The van der Waals surface area contributed by atoms with E-state index in [9.17, 15) is 20.0 Å². The van der Waals surface area contributed by atoms with Crippen LogP contribution in [0.5, 0.6) is 5.75 Å². The number of carbonyl (C=O) groups excluding carboxylic acids is 1. The molecule has 6 heteroatoms. The van der Waals surface area contributed by atoms with Crippen molar-refractivity contribution in [2.75, 3.05) is 0 Å². The minimum Gasteiger partial charge on any atom is -0.507 e. The number of aromatic hydroxyl groups is 1. The SMILES string of the molecule is CC(C)(C)c1ccc(/C=C/c2ccc(O)c(C=O)c2)c([N+](=O)[O-])n1. The van der Waals surface area contributed by atoms with Crippen LogP contribution in [0.3, 0.4) is 0 Å². The number of hydrogen-bond donors (Lipinski definition) is 1. The molecule has 0 amide bonds. The van der Waals surface area contributed by atoms with Gasteiger partial charge >= 0.3 is 5.82 Å². The molecule has 0 spiro atoms. The van der Waals surface area contributed by atoms with Gasteiger partial charge in [0.25, 0.3) is 0 Å². The molecule has 0 saturated heterocycles. The summed E-state index contributed by atoms with van der Waals surface area (Å²) in [5, 5.41) is 20.8. The molecule has 0 aliphatic heterocycles. The number of nitro groups is 1. The third-order valence-corrected chi connectivity index (χ3v) is 3.48. The summed E-state index contributed by atoms with van der Waals surface area (Å²) in [5.74, 6) is -0.322. The first kappa shape index (κ1) is 17.3. The summed E-state index contributed by atoms with van der Waals surface area (Å²) in [6.45, 7) is 5.81. The monoisotopic (exact) mass is 326 g/mol. The number of rotatable bonds is 4. The Morgan fingerprint density at radius 2 is 1.83 bits per heavy atom. The highest BCUT2D eigenvalue weighted by atomic mass is 16.6. The highest BCUT2D eigenvalue weighted by Crippen LogP contribution is 2.26. The van der Waals surface area contributed by atoms with Crippen molar-refractivity contribution in [3.05, 3.63) is 62.8 Å². The quantitative estimate of drug-likeness (QED) is 0.521. The van der Waals surface area contributed by atoms with E-state index in [2.05, 4.69) is 4.98 Å². The lowest BCUT2D eigenvalue weighted by atomic mass is 9.91. The van der Waals surface area contributed by atoms with E-state index >= 15 is 0 Å². The van der Waals surface area contributed by atoms with Crippen molar-refractivity contribution in [2.24, 2.45) is 0 Å². The molecular weight excluding hydrogens is 308 g/mol. The average Bonchev–Trinajstić information content (AvgIpc) is 2.52. The Balaban J connectivity index is 2.42. The first-order valence-electron chi connectivity index (χ1n) is 7.34. The Morgan fingerprint density at radius 3 is 2.42 bits per heavy atom. The first-order valence-corrected chi connectivity index (χ1v) is 7.34. The van der Waals surface area contributed by atoms with Crippen LogP contribution in [0.4, 0.5) is 5.82 Å². The minimum absolute atomic E-state index is 0.107. The number of carbonyl (C=O) groups is 1. The second-order valence-corrected chi connectivity index (χ2v) is 6.39. The summed E-state index contributed by atoms with van der Waals surface area (Å²) < 4.78 is 0. The number of pyridine rings is 1. The molecule has 1 aromatic heterocycles. The van der Waals surface area contributed by atoms with Crippen molar-refractivity contribution >= 4 is 24.3 Å². The van der Waals surface area contributed by atoms with Gasteiger partial charge in [-0.05, 0) is 45.8 Å². The summed E-state index contributed by atoms with van der Waals surface area (Å²) in [6.07, 6.45) is 3.75. The van der Waals surface area contributed by atoms with Gasteiger partial charge < -0.3 is 15.2 Å². The Bertz CT molecular complexity index is 820. The second-order valence-electron chi connectivity index (χ2n) is 6.39. The van der Waals surface area contributed by atoms with Gasteiger partial charge in [0.1, 0.15) is 5.75 Å². The Labute approximate surface area is 139 Å².